The third-order valence-electron chi connectivity index (χ3n) is 3.61. The molecule has 0 atom stereocenters. The maximum Gasteiger partial charge on any atom is 0.234 e. The third-order valence-corrected chi connectivity index (χ3v) is 3.61. The second-order valence-electron chi connectivity index (χ2n) is 5.51. The van der Waals surface area contributed by atoms with E-state index in [2.05, 4.69) is 15.6 Å². The van der Waals surface area contributed by atoms with Crippen LogP contribution in [0, 0.1) is 12.8 Å². The number of aryl methyl sites for hydroxylation is 1. The summed E-state index contributed by atoms with van der Waals surface area (Å²) in [5, 5.41) is 6.08. The van der Waals surface area contributed by atoms with Gasteiger partial charge in [0, 0.05) is 12.4 Å². The van der Waals surface area contributed by atoms with Crippen LogP contribution in [0.4, 0.5) is 0 Å². The van der Waals surface area contributed by atoms with Crippen LogP contribution in [0.1, 0.15) is 24.1 Å². The molecule has 1 amide bonds. The molecule has 2 heterocycles. The van der Waals surface area contributed by atoms with Gasteiger partial charge in [-0.1, -0.05) is 6.07 Å². The molecule has 0 bridgehead atoms. The number of fused-ring (bicyclic) bond motifs is 1. The highest BCUT2D eigenvalue weighted by Crippen LogP contribution is 2.27. The lowest BCUT2D eigenvalue weighted by Crippen LogP contribution is -2.34. The monoisotopic (exact) mass is 272 g/mol. The Morgan fingerprint density at radius 1 is 1.50 bits per heavy atom. The summed E-state index contributed by atoms with van der Waals surface area (Å²) in [6.07, 6.45) is 6.53. The number of carbonyl (C=O) groups excluding carboxylic acids is 1. The van der Waals surface area contributed by atoms with Crippen molar-refractivity contribution in [3.63, 3.8) is 0 Å². The summed E-state index contributed by atoms with van der Waals surface area (Å²) in [4.78, 5) is 16.2. The number of rotatable bonds is 6. The molecule has 20 heavy (non-hydrogen) atoms. The number of aromatic nitrogens is 2. The molecule has 0 aliphatic heterocycles. The van der Waals surface area contributed by atoms with E-state index in [0.29, 0.717) is 13.1 Å². The van der Waals surface area contributed by atoms with Gasteiger partial charge in [0.15, 0.2) is 0 Å². The Hall–Kier alpha value is -1.88. The normalized spacial score (nSPS) is 14.7. The predicted octanol–water partition coefficient (Wildman–Crippen LogP) is 1.26. The van der Waals surface area contributed by atoms with E-state index in [4.69, 9.17) is 0 Å². The molecule has 1 saturated carbocycles. The number of hydrogen-bond donors (Lipinski definition) is 2. The molecular formula is C15H20N4O. The van der Waals surface area contributed by atoms with Crippen LogP contribution in [-0.2, 0) is 11.3 Å². The van der Waals surface area contributed by atoms with Crippen molar-refractivity contribution in [2.75, 3.05) is 13.1 Å². The van der Waals surface area contributed by atoms with E-state index in [-0.39, 0.29) is 5.91 Å². The molecule has 2 aromatic heterocycles. The molecule has 5 heteroatoms. The number of pyridine rings is 1. The summed E-state index contributed by atoms with van der Waals surface area (Å²) in [7, 11) is 0. The van der Waals surface area contributed by atoms with Crippen LogP contribution >= 0.6 is 0 Å². The Balaban J connectivity index is 1.51. The fourth-order valence-corrected chi connectivity index (χ4v) is 2.25. The summed E-state index contributed by atoms with van der Waals surface area (Å²) in [6, 6.07) is 4.03. The standard InChI is InChI=1S/C15H20N4O/c1-11-3-2-6-19-10-13(18-15(11)19)8-17-14(20)9-16-7-12-4-5-12/h2-3,6,10,12,16H,4-5,7-9H2,1H3,(H,17,20). The second-order valence-corrected chi connectivity index (χ2v) is 5.51. The molecule has 106 valence electrons. The van der Waals surface area contributed by atoms with Crippen LogP contribution < -0.4 is 10.6 Å². The van der Waals surface area contributed by atoms with E-state index in [9.17, 15) is 4.79 Å². The number of nitrogens with one attached hydrogen (secondary N) is 2. The van der Waals surface area contributed by atoms with Gasteiger partial charge in [-0.25, -0.2) is 4.98 Å². The second kappa shape index (κ2) is 5.63. The van der Waals surface area contributed by atoms with Crippen molar-refractivity contribution in [3.05, 3.63) is 35.8 Å². The van der Waals surface area contributed by atoms with Gasteiger partial charge in [0.1, 0.15) is 5.65 Å². The molecule has 0 unspecified atom stereocenters. The van der Waals surface area contributed by atoms with Crippen molar-refractivity contribution in [1.82, 2.24) is 20.0 Å². The molecule has 1 aliphatic carbocycles. The highest BCUT2D eigenvalue weighted by Gasteiger charge is 2.20. The van der Waals surface area contributed by atoms with Crippen molar-refractivity contribution < 1.29 is 4.79 Å². The average Bonchev–Trinajstić information content (AvgIpc) is 3.14. The summed E-state index contributed by atoms with van der Waals surface area (Å²) < 4.78 is 1.99. The molecule has 1 fully saturated rings. The largest absolute Gasteiger partial charge is 0.349 e. The van der Waals surface area contributed by atoms with Gasteiger partial charge in [0.05, 0.1) is 18.8 Å². The van der Waals surface area contributed by atoms with Gasteiger partial charge in [-0.2, -0.15) is 0 Å². The quantitative estimate of drug-likeness (QED) is 0.832. The van der Waals surface area contributed by atoms with Gasteiger partial charge in [0.2, 0.25) is 5.91 Å². The average molecular weight is 272 g/mol. The Kier molecular flexibility index (Phi) is 3.69. The molecule has 2 aromatic rings. The SMILES string of the molecule is Cc1cccn2cc(CNC(=O)CNCC3CC3)nc12. The highest BCUT2D eigenvalue weighted by atomic mass is 16.1. The molecule has 0 aromatic carbocycles. The van der Waals surface area contributed by atoms with Crippen molar-refractivity contribution in [2.45, 2.75) is 26.3 Å². The van der Waals surface area contributed by atoms with Crippen LogP contribution in [0.2, 0.25) is 0 Å². The first-order chi connectivity index (χ1) is 9.72. The number of carbonyl (C=O) groups is 1. The van der Waals surface area contributed by atoms with Crippen molar-refractivity contribution in [3.8, 4) is 0 Å². The first-order valence-electron chi connectivity index (χ1n) is 7.13. The van der Waals surface area contributed by atoms with E-state index < -0.39 is 0 Å². The number of hydrogen-bond acceptors (Lipinski definition) is 3. The Bertz CT molecular complexity index is 615. The molecule has 0 saturated heterocycles. The van der Waals surface area contributed by atoms with Crippen LogP contribution in [0.5, 0.6) is 0 Å². The Morgan fingerprint density at radius 3 is 3.10 bits per heavy atom. The first kappa shape index (κ1) is 13.1. The minimum Gasteiger partial charge on any atom is -0.349 e. The molecule has 0 radical (unpaired) electrons. The summed E-state index contributed by atoms with van der Waals surface area (Å²) in [5.41, 5.74) is 2.97. The van der Waals surface area contributed by atoms with E-state index >= 15 is 0 Å². The Labute approximate surface area is 118 Å². The smallest absolute Gasteiger partial charge is 0.234 e. The maximum absolute atomic E-state index is 11.7. The van der Waals surface area contributed by atoms with Gasteiger partial charge in [-0.05, 0) is 43.9 Å². The molecule has 3 rings (SSSR count). The number of nitrogens with zero attached hydrogens (tertiary/aromatic N) is 2. The van der Waals surface area contributed by atoms with Crippen molar-refractivity contribution in [2.24, 2.45) is 5.92 Å². The van der Waals surface area contributed by atoms with E-state index in [1.54, 1.807) is 0 Å². The zero-order valence-electron chi connectivity index (χ0n) is 11.7. The minimum atomic E-state index is 0.0272. The molecule has 1 aliphatic rings. The summed E-state index contributed by atoms with van der Waals surface area (Å²) in [5.74, 6) is 0.823. The number of amides is 1. The topological polar surface area (TPSA) is 58.4 Å². The van der Waals surface area contributed by atoms with E-state index in [1.165, 1.54) is 12.8 Å². The lowest BCUT2D eigenvalue weighted by atomic mass is 10.3. The van der Waals surface area contributed by atoms with Crippen molar-refractivity contribution >= 4 is 11.6 Å². The van der Waals surface area contributed by atoms with Crippen molar-refractivity contribution in [1.29, 1.82) is 0 Å². The molecule has 2 N–H and O–H groups in total. The van der Waals surface area contributed by atoms with Crippen LogP contribution in [0.3, 0.4) is 0 Å². The lowest BCUT2D eigenvalue weighted by molar-refractivity contribution is -0.120. The fraction of sp³-hybridized carbons (Fsp3) is 0.467. The number of imidazole rings is 1. The van der Waals surface area contributed by atoms with Crippen LogP contribution in [-0.4, -0.2) is 28.4 Å². The summed E-state index contributed by atoms with van der Waals surface area (Å²) >= 11 is 0. The predicted molar refractivity (Wildman–Crippen MR) is 77.4 cm³/mol. The van der Waals surface area contributed by atoms with Crippen LogP contribution in [0.15, 0.2) is 24.5 Å². The van der Waals surface area contributed by atoms with Gasteiger partial charge in [-0.3, -0.25) is 4.79 Å². The third kappa shape index (κ3) is 3.17. The van der Waals surface area contributed by atoms with E-state index in [0.717, 1.165) is 29.4 Å². The summed E-state index contributed by atoms with van der Waals surface area (Å²) in [6.45, 7) is 3.86. The minimum absolute atomic E-state index is 0.0272. The fourth-order valence-electron chi connectivity index (χ4n) is 2.25. The lowest BCUT2D eigenvalue weighted by Gasteiger charge is -2.04. The molecular weight excluding hydrogens is 252 g/mol. The van der Waals surface area contributed by atoms with Gasteiger partial charge >= 0.3 is 0 Å². The first-order valence-corrected chi connectivity index (χ1v) is 7.13. The molecule has 0 spiro atoms. The maximum atomic E-state index is 11.7. The van der Waals surface area contributed by atoms with Crippen LogP contribution in [0.25, 0.3) is 5.65 Å². The van der Waals surface area contributed by atoms with Gasteiger partial charge < -0.3 is 15.0 Å². The van der Waals surface area contributed by atoms with E-state index in [1.807, 2.05) is 35.9 Å². The van der Waals surface area contributed by atoms with Gasteiger partial charge in [-0.15, -0.1) is 0 Å². The molecule has 5 nitrogen and oxygen atoms in total. The van der Waals surface area contributed by atoms with Gasteiger partial charge in [0.25, 0.3) is 0 Å². The zero-order chi connectivity index (χ0) is 13.9. The Morgan fingerprint density at radius 2 is 2.35 bits per heavy atom. The zero-order valence-corrected chi connectivity index (χ0v) is 11.7. The highest BCUT2D eigenvalue weighted by molar-refractivity contribution is 5.77.